The molecule has 372 valence electrons. The Morgan fingerprint density at radius 3 is 0.645 bits per heavy atom. The van der Waals surface area contributed by atoms with Gasteiger partial charge in [0, 0.05) is 42.7 Å². The van der Waals surface area contributed by atoms with Gasteiger partial charge < -0.3 is 83.4 Å². The SMILES string of the molecule is CCCC(C)(C(=O)C(C)(CCC)[Si](OC(C)OC(C)OC)(OC(C)OC(C)OC)OC(C)OC(C)OC)[Si](OC(C)OC(C)OC)(OC(C)OC(C)OC)OC(C)OC(C)OC. The minimum Gasteiger partial charge on any atom is -0.356 e. The average molecular weight is 939 g/mol. The van der Waals surface area contributed by atoms with E-state index in [1.54, 1.807) is 96.9 Å². The van der Waals surface area contributed by atoms with Crippen LogP contribution >= 0.6 is 0 Å². The van der Waals surface area contributed by atoms with E-state index in [1.165, 1.54) is 42.7 Å². The first-order chi connectivity index (χ1) is 28.9. The summed E-state index contributed by atoms with van der Waals surface area (Å²) >= 11 is 0. The number of methoxy groups -OCH3 is 6. The van der Waals surface area contributed by atoms with Crippen molar-refractivity contribution in [1.82, 2.24) is 0 Å². The maximum atomic E-state index is 16.7. The van der Waals surface area contributed by atoms with Crippen molar-refractivity contribution >= 4 is 23.4 Å². The molecule has 14 atom stereocenters. The fourth-order valence-electron chi connectivity index (χ4n) is 6.80. The van der Waals surface area contributed by atoms with E-state index < -0.39 is 109 Å². The number of hydrogen-bond acceptors (Lipinski definition) is 19. The van der Waals surface area contributed by atoms with Crippen molar-refractivity contribution in [3.05, 3.63) is 0 Å². The van der Waals surface area contributed by atoms with Crippen molar-refractivity contribution in [3.63, 3.8) is 0 Å². The molecule has 0 saturated heterocycles. The molecule has 0 fully saturated rings. The molecule has 21 heteroatoms. The Morgan fingerprint density at radius 1 is 0.355 bits per heavy atom. The minimum absolute atomic E-state index is 0.153. The highest BCUT2D eigenvalue weighted by atomic mass is 28.4. The molecule has 14 unspecified atom stereocenters. The highest BCUT2D eigenvalue weighted by Gasteiger charge is 2.74. The predicted molar refractivity (Wildman–Crippen MR) is 232 cm³/mol. The summed E-state index contributed by atoms with van der Waals surface area (Å²) in [6.45, 7) is 27.6. The molecule has 0 aliphatic heterocycles. The lowest BCUT2D eigenvalue weighted by atomic mass is 9.87. The molecule has 0 N–H and O–H groups in total. The van der Waals surface area contributed by atoms with E-state index in [0.29, 0.717) is 12.8 Å². The Hall–Kier alpha value is -0.616. The summed E-state index contributed by atoms with van der Waals surface area (Å²) in [4.78, 5) is 16.7. The predicted octanol–water partition coefficient (Wildman–Crippen LogP) is 7.78. The number of carbonyl (C=O) groups excluding carboxylic acids is 1. The largest absolute Gasteiger partial charge is 0.520 e. The van der Waals surface area contributed by atoms with Crippen LogP contribution in [0.1, 0.15) is 136 Å². The average Bonchev–Trinajstić information content (AvgIpc) is 3.19. The Kier molecular flexibility index (Phi) is 29.6. The third kappa shape index (κ3) is 18.9. The molecule has 0 saturated carbocycles. The fourth-order valence-corrected chi connectivity index (χ4v) is 14.0. The van der Waals surface area contributed by atoms with Crippen molar-refractivity contribution in [2.24, 2.45) is 0 Å². The van der Waals surface area contributed by atoms with E-state index in [1.807, 2.05) is 13.8 Å². The normalized spacial score (nSPS) is 22.3. The third-order valence-corrected chi connectivity index (χ3v) is 17.6. The Morgan fingerprint density at radius 2 is 0.516 bits per heavy atom. The van der Waals surface area contributed by atoms with Gasteiger partial charge in [0.2, 0.25) is 0 Å². The second kappa shape index (κ2) is 29.9. The van der Waals surface area contributed by atoms with Crippen LogP contribution in [0, 0.1) is 0 Å². The van der Waals surface area contributed by atoms with Crippen molar-refractivity contribution < 1.29 is 88.2 Å². The summed E-state index contributed by atoms with van der Waals surface area (Å²) in [5.74, 6) is -0.441. The van der Waals surface area contributed by atoms with Gasteiger partial charge in [-0.05, 0) is 110 Å². The number of Topliss-reactive ketones (excluding diaryl/α,β-unsaturated/α-hetero) is 1. The zero-order valence-electron chi connectivity index (χ0n) is 42.0. The van der Waals surface area contributed by atoms with Gasteiger partial charge in [0.05, 0.1) is 10.1 Å². The maximum Gasteiger partial charge on any atom is 0.520 e. The first kappa shape index (κ1) is 61.4. The quantitative estimate of drug-likeness (QED) is 0.0431. The van der Waals surface area contributed by atoms with Crippen LogP contribution in [0.25, 0.3) is 0 Å². The number of rotatable bonds is 38. The topological polar surface area (TPSA) is 183 Å². The highest BCUT2D eigenvalue weighted by molar-refractivity contribution is 6.75. The molecule has 0 rings (SSSR count). The first-order valence-corrected chi connectivity index (χ1v) is 25.0. The Bertz CT molecular complexity index is 1010. The smallest absolute Gasteiger partial charge is 0.356 e. The number of carbonyl (C=O) groups is 1. The lowest BCUT2D eigenvalue weighted by Gasteiger charge is -2.52. The second-order valence-electron chi connectivity index (χ2n) is 15.4. The van der Waals surface area contributed by atoms with Gasteiger partial charge in [-0.15, -0.1) is 0 Å². The Labute approximate surface area is 375 Å². The molecule has 0 aromatic heterocycles. The molecule has 0 radical (unpaired) electrons. The van der Waals surface area contributed by atoms with Crippen LogP contribution in [0.3, 0.4) is 0 Å². The van der Waals surface area contributed by atoms with Gasteiger partial charge in [0.1, 0.15) is 0 Å². The van der Waals surface area contributed by atoms with E-state index in [0.717, 1.165) is 0 Å². The van der Waals surface area contributed by atoms with E-state index in [4.69, 9.17) is 83.4 Å². The molecule has 0 aromatic carbocycles. The van der Waals surface area contributed by atoms with Gasteiger partial charge in [0.25, 0.3) is 0 Å². The van der Waals surface area contributed by atoms with Crippen molar-refractivity contribution in [1.29, 1.82) is 0 Å². The van der Waals surface area contributed by atoms with Crippen molar-refractivity contribution in [3.8, 4) is 0 Å². The fraction of sp³-hybridized carbons (Fsp3) is 0.976. The molecule has 0 bridgehead atoms. The summed E-state index contributed by atoms with van der Waals surface area (Å²) in [6, 6.07) is 0. The standard InChI is InChI=1S/C41H86O19Si2/c1-23-25-40(15,61(55-33(9)49-27(3)43-17,56-34(10)50-28(4)44-18)57-35(11)51-29(5)45-19)39(42)41(16,26-24-2)62(58-36(12)52-30(6)46-20,59-37(13)53-31(7)47-21)60-38(14)54-32(8)48-22/h27-38H,23-26H2,1-22H3. The lowest BCUT2D eigenvalue weighted by molar-refractivity contribution is -0.256. The molecule has 62 heavy (non-hydrogen) atoms. The van der Waals surface area contributed by atoms with Crippen LogP contribution in [-0.4, -0.2) is 142 Å². The van der Waals surface area contributed by atoms with Gasteiger partial charge in [-0.1, -0.05) is 26.7 Å². The summed E-state index contributed by atoms with van der Waals surface area (Å²) in [5.41, 5.74) is 0. The summed E-state index contributed by atoms with van der Waals surface area (Å²) in [7, 11) is -0.377. The zero-order chi connectivity index (χ0) is 48.1. The van der Waals surface area contributed by atoms with Gasteiger partial charge in [-0.2, -0.15) is 0 Å². The molecule has 0 aliphatic rings. The molecule has 0 aliphatic carbocycles. The van der Waals surface area contributed by atoms with Crippen LogP contribution in [0.2, 0.25) is 10.1 Å². The molecular formula is C41H86O19Si2. The molecule has 0 aromatic rings. The van der Waals surface area contributed by atoms with E-state index >= 15 is 4.79 Å². The summed E-state index contributed by atoms with van der Waals surface area (Å²) in [5, 5.41) is -3.37. The lowest BCUT2D eigenvalue weighted by Crippen LogP contribution is -2.69. The van der Waals surface area contributed by atoms with Gasteiger partial charge in [-0.25, -0.2) is 0 Å². The van der Waals surface area contributed by atoms with E-state index in [9.17, 15) is 0 Å². The van der Waals surface area contributed by atoms with E-state index in [2.05, 4.69) is 0 Å². The van der Waals surface area contributed by atoms with Gasteiger partial charge in [-0.3, -0.25) is 4.79 Å². The zero-order valence-corrected chi connectivity index (χ0v) is 44.0. The molecule has 0 spiro atoms. The third-order valence-electron chi connectivity index (χ3n) is 10.1. The van der Waals surface area contributed by atoms with Crippen molar-refractivity contribution in [2.75, 3.05) is 42.7 Å². The van der Waals surface area contributed by atoms with Crippen LogP contribution < -0.4 is 0 Å². The first-order valence-electron chi connectivity index (χ1n) is 21.6. The van der Waals surface area contributed by atoms with Crippen LogP contribution in [0.15, 0.2) is 0 Å². The highest BCUT2D eigenvalue weighted by Crippen LogP contribution is 2.58. The molecule has 0 amide bonds. The molecule has 19 nitrogen and oxygen atoms in total. The number of ether oxygens (including phenoxy) is 12. The molecule has 0 heterocycles. The van der Waals surface area contributed by atoms with Gasteiger partial charge in [0.15, 0.2) is 81.3 Å². The maximum absolute atomic E-state index is 16.7. The van der Waals surface area contributed by atoms with Crippen molar-refractivity contribution in [2.45, 2.75) is 222 Å². The monoisotopic (exact) mass is 939 g/mol. The summed E-state index contributed by atoms with van der Waals surface area (Å²) < 4.78 is 111. The number of ketones is 1. The minimum atomic E-state index is -4.68. The second-order valence-corrected chi connectivity index (χ2v) is 21.2. The Balaban J connectivity index is 8.79. The van der Waals surface area contributed by atoms with Crippen LogP contribution in [0.4, 0.5) is 0 Å². The summed E-state index contributed by atoms with van der Waals surface area (Å²) in [6.07, 6.45) is -9.56. The molecular weight excluding hydrogens is 853 g/mol. The van der Waals surface area contributed by atoms with Gasteiger partial charge >= 0.3 is 17.6 Å². The van der Waals surface area contributed by atoms with Crippen LogP contribution in [0.5, 0.6) is 0 Å². The number of hydrogen-bond donors (Lipinski definition) is 0. The van der Waals surface area contributed by atoms with Crippen LogP contribution in [-0.2, 0) is 88.2 Å². The van der Waals surface area contributed by atoms with E-state index in [-0.39, 0.29) is 12.8 Å².